The van der Waals surface area contributed by atoms with Crippen molar-refractivity contribution in [3.8, 4) is 16.9 Å². The molecule has 0 saturated carbocycles. The topological polar surface area (TPSA) is 30.6 Å². The van der Waals surface area contributed by atoms with Crippen LogP contribution in [0.25, 0.3) is 11.1 Å². The summed E-state index contributed by atoms with van der Waals surface area (Å²) >= 11 is 2.65. The zero-order valence-corrected chi connectivity index (χ0v) is 27.5. The van der Waals surface area contributed by atoms with E-state index in [1.54, 1.807) is 37.1 Å². The Bertz CT molecular complexity index is 1900. The molecule has 0 amide bonds. The van der Waals surface area contributed by atoms with Crippen LogP contribution in [0.4, 0.5) is 38.4 Å². The molecule has 5 aromatic carbocycles. The van der Waals surface area contributed by atoms with E-state index >= 15 is 0 Å². The molecule has 48 heavy (non-hydrogen) atoms. The summed E-state index contributed by atoms with van der Waals surface area (Å²) in [5.74, 6) is 0.851. The minimum absolute atomic E-state index is 0.143. The quantitative estimate of drug-likeness (QED) is 0.0689. The fourth-order valence-electron chi connectivity index (χ4n) is 4.37. The molecule has 0 spiro atoms. The van der Waals surface area contributed by atoms with Crippen molar-refractivity contribution >= 4 is 37.1 Å². The van der Waals surface area contributed by atoms with E-state index in [1.807, 2.05) is 85.8 Å². The van der Waals surface area contributed by atoms with Gasteiger partial charge in [-0.05, 0) is 90.3 Å². The second-order valence-corrected chi connectivity index (χ2v) is 14.4. The summed E-state index contributed by atoms with van der Waals surface area (Å²) in [5.41, 5.74) is 3.48. The summed E-state index contributed by atoms with van der Waals surface area (Å²) in [6.45, 7) is 1.97. The van der Waals surface area contributed by atoms with Gasteiger partial charge in [-0.25, -0.2) is 0 Å². The maximum atomic E-state index is 13.6. The van der Waals surface area contributed by atoms with Crippen molar-refractivity contribution in [2.24, 2.45) is 0 Å². The number of carbonyl (C=O) groups excluding carboxylic acids is 1. The molecular weight excluding hydrogens is 706 g/mol. The molecule has 14 heteroatoms. The van der Waals surface area contributed by atoms with Crippen molar-refractivity contribution in [2.75, 3.05) is 7.11 Å². The predicted molar refractivity (Wildman–Crippen MR) is 174 cm³/mol. The maximum absolute atomic E-state index is 13.6. The van der Waals surface area contributed by atoms with Crippen molar-refractivity contribution in [1.82, 2.24) is 0 Å². The van der Waals surface area contributed by atoms with Crippen LogP contribution in [0.2, 0.25) is 0 Å². The monoisotopic (exact) mass is 732 g/mol. The first-order valence-electron chi connectivity index (χ1n) is 13.8. The Morgan fingerprint density at radius 1 is 0.667 bits per heavy atom. The number of halogens is 9. The van der Waals surface area contributed by atoms with Crippen LogP contribution >= 0.6 is 31.3 Å². The minimum atomic E-state index is -10.7. The zero-order chi connectivity index (χ0) is 35.4. The second kappa shape index (κ2) is 13.5. The van der Waals surface area contributed by atoms with Crippen LogP contribution in [0.15, 0.2) is 135 Å². The second-order valence-electron chi connectivity index (χ2n) is 10.2. The summed E-state index contributed by atoms with van der Waals surface area (Å²) in [7, 11) is -9.09. The summed E-state index contributed by atoms with van der Waals surface area (Å²) < 4.78 is 106. The molecule has 0 aliphatic heterocycles. The molecule has 0 bridgehead atoms. The molecule has 0 aliphatic rings. The van der Waals surface area contributed by atoms with E-state index < -0.39 is 19.5 Å². The Hall–Kier alpha value is -3.93. The Balaban J connectivity index is 0.000000671. The average molecular weight is 733 g/mol. The molecule has 0 radical (unpaired) electrons. The van der Waals surface area contributed by atoms with Gasteiger partial charge < -0.3 is 4.74 Å². The number of methoxy groups -OCH3 is 1. The first-order chi connectivity index (χ1) is 22.2. The average Bonchev–Trinajstić information content (AvgIpc) is 3.01. The summed E-state index contributed by atoms with van der Waals surface area (Å²) in [6.07, 6.45) is -4.44. The molecule has 0 fully saturated rings. The van der Waals surface area contributed by atoms with E-state index in [2.05, 4.69) is 0 Å². The number of ether oxygens (including phenoxy) is 1. The van der Waals surface area contributed by atoms with Crippen LogP contribution in [0.5, 0.6) is 5.75 Å². The van der Waals surface area contributed by atoms with Gasteiger partial charge in [0.05, 0.1) is 23.8 Å². The fraction of sp³-hybridized carbons (Fsp3) is 0.0882. The zero-order valence-electron chi connectivity index (χ0n) is 25.0. The van der Waals surface area contributed by atoms with E-state index in [1.165, 1.54) is 12.1 Å². The summed E-state index contributed by atoms with van der Waals surface area (Å²) in [6, 6.07) is 34.3. The van der Waals surface area contributed by atoms with Crippen LogP contribution in [-0.2, 0) is 6.18 Å². The molecule has 1 N–H and O–H groups in total. The third kappa shape index (κ3) is 11.4. The van der Waals surface area contributed by atoms with Crippen molar-refractivity contribution in [3.63, 3.8) is 0 Å². The first kappa shape index (κ1) is 36.9. The van der Waals surface area contributed by atoms with Gasteiger partial charge in [0.1, 0.15) is 5.75 Å². The SMILES string of the molecule is COc1ccc(Sc2ccccc2C(F)(F)F)c(-c2ccc(Sc3ccc(C)c(C(=[OH+])c4ccccc4)c3)cc2)c1.F[P-](F)(F)(F)(F)F. The molecule has 254 valence electrons. The number of benzene rings is 5. The molecule has 5 rings (SSSR count). The molecule has 0 aliphatic carbocycles. The van der Waals surface area contributed by atoms with Crippen molar-refractivity contribution in [1.29, 1.82) is 0 Å². The van der Waals surface area contributed by atoms with E-state index in [9.17, 15) is 43.1 Å². The first-order valence-corrected chi connectivity index (χ1v) is 17.4. The molecule has 5 aromatic rings. The Morgan fingerprint density at radius 3 is 1.85 bits per heavy atom. The number of alkyl halides is 3. The number of hydrogen-bond acceptors (Lipinski definition) is 3. The Morgan fingerprint density at radius 2 is 1.25 bits per heavy atom. The molecule has 0 saturated heterocycles. The van der Waals surface area contributed by atoms with Gasteiger partial charge in [0, 0.05) is 19.6 Å². The fourth-order valence-corrected chi connectivity index (χ4v) is 6.33. The molecule has 0 unspecified atom stereocenters. The third-order valence-corrected chi connectivity index (χ3v) is 8.66. The molecule has 0 atom stereocenters. The van der Waals surface area contributed by atoms with Gasteiger partial charge in [-0.3, -0.25) is 4.79 Å². The molecular formula is C34H26F9O2PS2. The van der Waals surface area contributed by atoms with E-state index in [0.717, 1.165) is 55.4 Å². The van der Waals surface area contributed by atoms with Gasteiger partial charge in [0.2, 0.25) is 0 Å². The summed E-state index contributed by atoms with van der Waals surface area (Å²) in [4.78, 5) is 13.7. The van der Waals surface area contributed by atoms with Crippen molar-refractivity contribution in [3.05, 3.63) is 138 Å². The third-order valence-electron chi connectivity index (χ3n) is 6.51. The molecule has 0 heterocycles. The van der Waals surface area contributed by atoms with Gasteiger partial charge in [-0.1, -0.05) is 72.1 Å². The van der Waals surface area contributed by atoms with Gasteiger partial charge in [-0.2, -0.15) is 13.2 Å². The molecule has 2 nitrogen and oxygen atoms in total. The van der Waals surface area contributed by atoms with Crippen LogP contribution in [0, 0.1) is 6.92 Å². The van der Waals surface area contributed by atoms with Gasteiger partial charge >= 0.3 is 44.9 Å². The van der Waals surface area contributed by atoms with Crippen LogP contribution in [0.3, 0.4) is 0 Å². The van der Waals surface area contributed by atoms with Gasteiger partial charge in [0.15, 0.2) is 0 Å². The standard InChI is InChI=1S/C34H25F3O2S2.F6P/c1-22-12-16-27(21-28(22)33(38)24-8-4-3-5-9-24)40-26-17-13-23(14-18-26)29-20-25(39-2)15-19-31(29)41-32-11-7-6-10-30(32)34(35,36)37;1-7(2,3,4,5)6/h3-21H,1-2H3;/q;-1/p+1. The van der Waals surface area contributed by atoms with Crippen LogP contribution in [0.1, 0.15) is 22.3 Å². The van der Waals surface area contributed by atoms with Crippen LogP contribution in [-0.4, -0.2) is 17.7 Å². The number of rotatable bonds is 8. The van der Waals surface area contributed by atoms with Gasteiger partial charge in [0.25, 0.3) is 0 Å². The van der Waals surface area contributed by atoms with E-state index in [4.69, 9.17) is 4.74 Å². The van der Waals surface area contributed by atoms with Crippen molar-refractivity contribution in [2.45, 2.75) is 32.7 Å². The predicted octanol–water partition coefficient (Wildman–Crippen LogP) is 13.3. The Labute approximate surface area is 278 Å². The number of aryl methyl sites for hydroxylation is 1. The van der Waals surface area contributed by atoms with E-state index in [0.29, 0.717) is 10.6 Å². The van der Waals surface area contributed by atoms with Crippen LogP contribution < -0.4 is 4.74 Å². The summed E-state index contributed by atoms with van der Waals surface area (Å²) in [5, 5.41) is 0. The van der Waals surface area contributed by atoms with Crippen molar-refractivity contribution < 1.29 is 47.9 Å². The Kier molecular flexibility index (Phi) is 10.4. The number of ketones is 1. The molecule has 0 aromatic heterocycles. The van der Waals surface area contributed by atoms with E-state index in [-0.39, 0.29) is 10.7 Å². The van der Waals surface area contributed by atoms with Gasteiger partial charge in [-0.15, -0.1) is 0 Å². The number of hydrogen-bond donors (Lipinski definition) is 0. The normalized spacial score (nSPS) is 13.1.